The highest BCUT2D eigenvalue weighted by molar-refractivity contribution is 7.89. The fourth-order valence-electron chi connectivity index (χ4n) is 3.72. The summed E-state index contributed by atoms with van der Waals surface area (Å²) >= 11 is 0. The van der Waals surface area contributed by atoms with Crippen molar-refractivity contribution in [2.24, 2.45) is 11.8 Å². The lowest BCUT2D eigenvalue weighted by Gasteiger charge is -2.34. The third-order valence-corrected chi connectivity index (χ3v) is 7.03. The molecule has 0 aromatic carbocycles. The second kappa shape index (κ2) is 9.35. The number of rotatable bonds is 8. The normalized spacial score (nSPS) is 22.7. The minimum Gasteiger partial charge on any atom is -0.317 e. The van der Waals surface area contributed by atoms with E-state index >= 15 is 0 Å². The summed E-state index contributed by atoms with van der Waals surface area (Å²) in [6.45, 7) is 10.9. The molecule has 5 nitrogen and oxygen atoms in total. The maximum absolute atomic E-state index is 12.5. The first-order chi connectivity index (χ1) is 11.0. The Labute approximate surface area is 142 Å². The fourth-order valence-corrected chi connectivity index (χ4v) is 5.27. The van der Waals surface area contributed by atoms with E-state index in [4.69, 9.17) is 0 Å². The summed E-state index contributed by atoms with van der Waals surface area (Å²) in [5, 5.41) is 3.38. The van der Waals surface area contributed by atoms with Gasteiger partial charge < -0.3 is 10.2 Å². The summed E-state index contributed by atoms with van der Waals surface area (Å²) in [5.41, 5.74) is 0. The molecular formula is C17H35N3O2S. The molecule has 136 valence electrons. The topological polar surface area (TPSA) is 52.7 Å². The van der Waals surface area contributed by atoms with Crippen LogP contribution in [0.2, 0.25) is 0 Å². The monoisotopic (exact) mass is 345 g/mol. The maximum atomic E-state index is 12.5. The molecule has 1 N–H and O–H groups in total. The number of piperidine rings is 1. The minimum absolute atomic E-state index is 0.335. The van der Waals surface area contributed by atoms with Crippen molar-refractivity contribution in [1.29, 1.82) is 0 Å². The molecule has 2 aliphatic heterocycles. The number of hydrogen-bond acceptors (Lipinski definition) is 4. The van der Waals surface area contributed by atoms with Crippen LogP contribution < -0.4 is 5.32 Å². The second-order valence-corrected chi connectivity index (χ2v) is 9.69. The third-order valence-electron chi connectivity index (χ3n) is 5.07. The molecule has 0 amide bonds. The Morgan fingerprint density at radius 2 is 1.70 bits per heavy atom. The van der Waals surface area contributed by atoms with Gasteiger partial charge in [0.2, 0.25) is 10.0 Å². The van der Waals surface area contributed by atoms with Crippen LogP contribution in [0.15, 0.2) is 0 Å². The molecule has 0 atom stereocenters. The number of unbranched alkanes of at least 4 members (excludes halogenated alkanes) is 1. The van der Waals surface area contributed by atoms with Crippen LogP contribution in [0.4, 0.5) is 0 Å². The average molecular weight is 346 g/mol. The summed E-state index contributed by atoms with van der Waals surface area (Å²) < 4.78 is 26.6. The zero-order valence-electron chi connectivity index (χ0n) is 15.0. The molecule has 2 saturated heterocycles. The first kappa shape index (κ1) is 19.2. The molecule has 6 heteroatoms. The van der Waals surface area contributed by atoms with Gasteiger partial charge in [-0.05, 0) is 44.2 Å². The van der Waals surface area contributed by atoms with Gasteiger partial charge in [0.25, 0.3) is 0 Å². The Bertz CT molecular complexity index is 425. The molecular weight excluding hydrogens is 310 g/mol. The van der Waals surface area contributed by atoms with Gasteiger partial charge in [-0.3, -0.25) is 0 Å². The van der Waals surface area contributed by atoms with E-state index in [1.165, 1.54) is 19.3 Å². The SMILES string of the molecule is CC(C)CN1CCN(S(=O)(=O)CCCCC2CCNCC2)CC1. The lowest BCUT2D eigenvalue weighted by atomic mass is 9.93. The van der Waals surface area contributed by atoms with Crippen LogP contribution in [-0.2, 0) is 10.0 Å². The highest BCUT2D eigenvalue weighted by Gasteiger charge is 2.26. The van der Waals surface area contributed by atoms with E-state index < -0.39 is 10.0 Å². The Hall–Kier alpha value is -0.170. The fraction of sp³-hybridized carbons (Fsp3) is 1.00. The van der Waals surface area contributed by atoms with Gasteiger partial charge in [0, 0.05) is 32.7 Å². The Balaban J connectivity index is 1.64. The zero-order chi connectivity index (χ0) is 16.7. The molecule has 2 heterocycles. The molecule has 2 rings (SSSR count). The van der Waals surface area contributed by atoms with Crippen molar-refractivity contribution in [2.45, 2.75) is 46.0 Å². The molecule has 0 bridgehead atoms. The van der Waals surface area contributed by atoms with Crippen LogP contribution in [0.3, 0.4) is 0 Å². The molecule has 0 aromatic rings. The average Bonchev–Trinajstić information content (AvgIpc) is 2.53. The van der Waals surface area contributed by atoms with E-state index in [1.54, 1.807) is 4.31 Å². The van der Waals surface area contributed by atoms with Gasteiger partial charge in [0.1, 0.15) is 0 Å². The Kier molecular flexibility index (Phi) is 7.79. The van der Waals surface area contributed by atoms with E-state index in [2.05, 4.69) is 24.1 Å². The number of nitrogens with zero attached hydrogens (tertiary/aromatic N) is 2. The van der Waals surface area contributed by atoms with Crippen molar-refractivity contribution in [1.82, 2.24) is 14.5 Å². The molecule has 0 radical (unpaired) electrons. The number of sulfonamides is 1. The van der Waals surface area contributed by atoms with Gasteiger partial charge in [-0.25, -0.2) is 8.42 Å². The lowest BCUT2D eigenvalue weighted by molar-refractivity contribution is 0.172. The molecule has 23 heavy (non-hydrogen) atoms. The number of piperazine rings is 1. The maximum Gasteiger partial charge on any atom is 0.214 e. The predicted octanol–water partition coefficient (Wildman–Crippen LogP) is 1.76. The van der Waals surface area contributed by atoms with Crippen LogP contribution in [0.1, 0.15) is 46.0 Å². The highest BCUT2D eigenvalue weighted by atomic mass is 32.2. The van der Waals surface area contributed by atoms with Crippen LogP contribution in [0.25, 0.3) is 0 Å². The third kappa shape index (κ3) is 6.69. The van der Waals surface area contributed by atoms with E-state index in [0.29, 0.717) is 24.8 Å². The molecule has 0 aromatic heterocycles. The predicted molar refractivity (Wildman–Crippen MR) is 96.1 cm³/mol. The van der Waals surface area contributed by atoms with Crippen molar-refractivity contribution < 1.29 is 8.42 Å². The van der Waals surface area contributed by atoms with Crippen molar-refractivity contribution in [3.8, 4) is 0 Å². The largest absolute Gasteiger partial charge is 0.317 e. The van der Waals surface area contributed by atoms with Gasteiger partial charge >= 0.3 is 0 Å². The first-order valence-corrected chi connectivity index (χ1v) is 11.0. The quantitative estimate of drug-likeness (QED) is 0.681. The van der Waals surface area contributed by atoms with Crippen molar-refractivity contribution in [3.63, 3.8) is 0 Å². The van der Waals surface area contributed by atoms with Crippen molar-refractivity contribution in [2.75, 3.05) is 51.6 Å². The molecule has 0 unspecified atom stereocenters. The standard InChI is InChI=1S/C17H35N3O2S/c1-16(2)15-19-10-12-20(13-11-19)23(21,22)14-4-3-5-17-6-8-18-9-7-17/h16-18H,3-15H2,1-2H3. The van der Waals surface area contributed by atoms with E-state index in [9.17, 15) is 8.42 Å². The number of nitrogens with one attached hydrogen (secondary N) is 1. The van der Waals surface area contributed by atoms with E-state index in [-0.39, 0.29) is 0 Å². The van der Waals surface area contributed by atoms with Gasteiger partial charge in [0.05, 0.1) is 5.75 Å². The zero-order valence-corrected chi connectivity index (χ0v) is 15.8. The van der Waals surface area contributed by atoms with E-state index in [1.807, 2.05) is 0 Å². The van der Waals surface area contributed by atoms with E-state index in [0.717, 1.165) is 51.5 Å². The molecule has 2 aliphatic rings. The van der Waals surface area contributed by atoms with Crippen LogP contribution >= 0.6 is 0 Å². The summed E-state index contributed by atoms with van der Waals surface area (Å²) in [6.07, 6.45) is 5.57. The molecule has 0 saturated carbocycles. The minimum atomic E-state index is -3.04. The Morgan fingerprint density at radius 1 is 1.04 bits per heavy atom. The summed E-state index contributed by atoms with van der Waals surface area (Å²) in [5.74, 6) is 1.79. The van der Waals surface area contributed by atoms with Crippen molar-refractivity contribution in [3.05, 3.63) is 0 Å². The molecule has 0 spiro atoms. The Morgan fingerprint density at radius 3 is 2.30 bits per heavy atom. The van der Waals surface area contributed by atoms with Gasteiger partial charge in [-0.1, -0.05) is 26.7 Å². The van der Waals surface area contributed by atoms with Crippen LogP contribution in [0, 0.1) is 11.8 Å². The highest BCUT2D eigenvalue weighted by Crippen LogP contribution is 2.19. The second-order valence-electron chi connectivity index (χ2n) is 7.60. The van der Waals surface area contributed by atoms with Gasteiger partial charge in [-0.15, -0.1) is 0 Å². The van der Waals surface area contributed by atoms with Gasteiger partial charge in [-0.2, -0.15) is 4.31 Å². The smallest absolute Gasteiger partial charge is 0.214 e. The van der Waals surface area contributed by atoms with Crippen LogP contribution in [-0.4, -0.2) is 69.2 Å². The lowest BCUT2D eigenvalue weighted by Crippen LogP contribution is -2.49. The first-order valence-electron chi connectivity index (χ1n) is 9.38. The summed E-state index contributed by atoms with van der Waals surface area (Å²) in [4.78, 5) is 2.38. The summed E-state index contributed by atoms with van der Waals surface area (Å²) in [6, 6.07) is 0. The van der Waals surface area contributed by atoms with Crippen LogP contribution in [0.5, 0.6) is 0 Å². The van der Waals surface area contributed by atoms with Crippen molar-refractivity contribution >= 4 is 10.0 Å². The molecule has 2 fully saturated rings. The van der Waals surface area contributed by atoms with Gasteiger partial charge in [0.15, 0.2) is 0 Å². The summed E-state index contributed by atoms with van der Waals surface area (Å²) in [7, 11) is -3.04. The molecule has 0 aliphatic carbocycles. The number of hydrogen-bond donors (Lipinski definition) is 1.